The van der Waals surface area contributed by atoms with Crippen LogP contribution < -0.4 is 5.32 Å². The maximum Gasteiger partial charge on any atom is 0.0774 e. The summed E-state index contributed by atoms with van der Waals surface area (Å²) in [6, 6.07) is 8.79. The summed E-state index contributed by atoms with van der Waals surface area (Å²) in [7, 11) is 0. The van der Waals surface area contributed by atoms with Crippen molar-refractivity contribution in [3.63, 3.8) is 0 Å². The van der Waals surface area contributed by atoms with Crippen LogP contribution in [0.4, 0.5) is 0 Å². The highest BCUT2D eigenvalue weighted by Crippen LogP contribution is 2.36. The van der Waals surface area contributed by atoms with E-state index in [1.807, 2.05) is 12.3 Å². The Morgan fingerprint density at radius 3 is 2.62 bits per heavy atom. The zero-order valence-electron chi connectivity index (χ0n) is 12.8. The molecule has 0 bridgehead atoms. The number of aromatic nitrogens is 2. The smallest absolute Gasteiger partial charge is 0.0774 e. The summed E-state index contributed by atoms with van der Waals surface area (Å²) in [5, 5.41) is 8.61. The molecule has 112 valence electrons. The Balaban J connectivity index is 2.08. The van der Waals surface area contributed by atoms with Crippen LogP contribution in [0, 0.1) is 5.92 Å². The molecule has 1 aromatic heterocycles. The van der Waals surface area contributed by atoms with Crippen molar-refractivity contribution in [2.45, 2.75) is 32.7 Å². The lowest BCUT2D eigenvalue weighted by Crippen LogP contribution is -2.44. The Hall–Kier alpha value is -1.32. The van der Waals surface area contributed by atoms with Crippen molar-refractivity contribution in [2.24, 2.45) is 5.92 Å². The maximum absolute atomic E-state index is 6.26. The van der Waals surface area contributed by atoms with Gasteiger partial charge in [0.15, 0.2) is 0 Å². The minimum atomic E-state index is 0.455. The monoisotopic (exact) mass is 303 g/mol. The average Bonchev–Trinajstić information content (AvgIpc) is 2.84. The van der Waals surface area contributed by atoms with Crippen molar-refractivity contribution >= 4 is 11.6 Å². The van der Waals surface area contributed by atoms with E-state index in [2.05, 4.69) is 54.1 Å². The van der Waals surface area contributed by atoms with Gasteiger partial charge >= 0.3 is 0 Å². The lowest BCUT2D eigenvalue weighted by molar-refractivity contribution is 0.321. The highest BCUT2D eigenvalue weighted by molar-refractivity contribution is 6.30. The van der Waals surface area contributed by atoms with Gasteiger partial charge in [0.05, 0.1) is 11.7 Å². The molecule has 1 saturated heterocycles. The second-order valence-corrected chi connectivity index (χ2v) is 6.67. The summed E-state index contributed by atoms with van der Waals surface area (Å²) in [6.45, 7) is 8.78. The Morgan fingerprint density at radius 2 is 2.00 bits per heavy atom. The van der Waals surface area contributed by atoms with Crippen LogP contribution in [0.5, 0.6) is 0 Å². The predicted molar refractivity (Wildman–Crippen MR) is 87.8 cm³/mol. The number of rotatable bonds is 4. The standard InChI is InChI=1S/C17H22ClN3/c1-11(2)12(3)15-5-4-13(18)8-16(15)17-6-7-20-21(17)14-9-19-10-14/h4-8,11-12,14,19H,9-10H2,1-3H3. The topological polar surface area (TPSA) is 29.9 Å². The highest BCUT2D eigenvalue weighted by atomic mass is 35.5. The van der Waals surface area contributed by atoms with Gasteiger partial charge in [-0.25, -0.2) is 0 Å². The molecule has 0 saturated carbocycles. The van der Waals surface area contributed by atoms with Gasteiger partial charge in [0, 0.05) is 29.9 Å². The lowest BCUT2D eigenvalue weighted by Gasteiger charge is -2.30. The number of benzene rings is 1. The van der Waals surface area contributed by atoms with E-state index in [9.17, 15) is 0 Å². The quantitative estimate of drug-likeness (QED) is 0.921. The van der Waals surface area contributed by atoms with Crippen LogP contribution in [0.3, 0.4) is 0 Å². The summed E-state index contributed by atoms with van der Waals surface area (Å²) in [5.74, 6) is 1.08. The van der Waals surface area contributed by atoms with Gasteiger partial charge in [0.2, 0.25) is 0 Å². The molecule has 1 aliphatic rings. The first kappa shape index (κ1) is 14.6. The zero-order valence-corrected chi connectivity index (χ0v) is 13.6. The van der Waals surface area contributed by atoms with Crippen molar-refractivity contribution in [3.8, 4) is 11.3 Å². The van der Waals surface area contributed by atoms with E-state index in [0.29, 0.717) is 17.9 Å². The molecule has 0 spiro atoms. The number of halogens is 1. The fraction of sp³-hybridized carbons (Fsp3) is 0.471. The Bertz CT molecular complexity index is 629. The Labute approximate surface area is 131 Å². The van der Waals surface area contributed by atoms with Crippen molar-refractivity contribution < 1.29 is 0 Å². The normalized spacial score (nSPS) is 17.0. The van der Waals surface area contributed by atoms with Crippen molar-refractivity contribution in [1.29, 1.82) is 0 Å². The van der Waals surface area contributed by atoms with E-state index in [1.54, 1.807) is 0 Å². The van der Waals surface area contributed by atoms with Crippen LogP contribution in [0.15, 0.2) is 30.5 Å². The van der Waals surface area contributed by atoms with Gasteiger partial charge in [0.25, 0.3) is 0 Å². The SMILES string of the molecule is CC(C)C(C)c1ccc(Cl)cc1-c1ccnn1C1CNC1. The third-order valence-electron chi connectivity index (χ3n) is 4.56. The molecule has 21 heavy (non-hydrogen) atoms. The molecule has 3 rings (SSSR count). The number of hydrogen-bond acceptors (Lipinski definition) is 2. The Morgan fingerprint density at radius 1 is 1.24 bits per heavy atom. The fourth-order valence-electron chi connectivity index (χ4n) is 2.77. The first-order valence-corrected chi connectivity index (χ1v) is 7.99. The molecule has 0 aliphatic carbocycles. The first-order chi connectivity index (χ1) is 10.1. The fourth-order valence-corrected chi connectivity index (χ4v) is 2.94. The molecule has 1 fully saturated rings. The second-order valence-electron chi connectivity index (χ2n) is 6.24. The third kappa shape index (κ3) is 2.72. The summed E-state index contributed by atoms with van der Waals surface area (Å²) in [6.07, 6.45) is 1.89. The minimum Gasteiger partial charge on any atom is -0.312 e. The van der Waals surface area contributed by atoms with Gasteiger partial charge in [-0.05, 0) is 35.6 Å². The maximum atomic E-state index is 6.26. The van der Waals surface area contributed by atoms with Crippen LogP contribution in [0.1, 0.15) is 38.3 Å². The average molecular weight is 304 g/mol. The van der Waals surface area contributed by atoms with Crippen LogP contribution in [0.2, 0.25) is 5.02 Å². The van der Waals surface area contributed by atoms with Crippen molar-refractivity contribution in [1.82, 2.24) is 15.1 Å². The molecule has 3 nitrogen and oxygen atoms in total. The van der Waals surface area contributed by atoms with Gasteiger partial charge in [0.1, 0.15) is 0 Å². The van der Waals surface area contributed by atoms with E-state index in [-0.39, 0.29) is 0 Å². The molecular weight excluding hydrogens is 282 g/mol. The van der Waals surface area contributed by atoms with Gasteiger partial charge in [-0.1, -0.05) is 38.4 Å². The van der Waals surface area contributed by atoms with Crippen molar-refractivity contribution in [3.05, 3.63) is 41.0 Å². The predicted octanol–water partition coefficient (Wildman–Crippen LogP) is 4.11. The molecule has 0 radical (unpaired) electrons. The van der Waals surface area contributed by atoms with Crippen LogP contribution >= 0.6 is 11.6 Å². The molecule has 0 amide bonds. The van der Waals surface area contributed by atoms with E-state index in [4.69, 9.17) is 11.6 Å². The molecule has 4 heteroatoms. The van der Waals surface area contributed by atoms with Crippen LogP contribution in [-0.4, -0.2) is 22.9 Å². The molecule has 2 aromatic rings. The molecule has 1 unspecified atom stereocenters. The second kappa shape index (κ2) is 5.82. The zero-order chi connectivity index (χ0) is 15.0. The highest BCUT2D eigenvalue weighted by Gasteiger charge is 2.24. The van der Waals surface area contributed by atoms with Gasteiger partial charge in [-0.2, -0.15) is 5.10 Å². The largest absolute Gasteiger partial charge is 0.312 e. The molecular formula is C17H22ClN3. The molecule has 1 atom stereocenters. The number of nitrogens with one attached hydrogen (secondary N) is 1. The summed E-state index contributed by atoms with van der Waals surface area (Å²) < 4.78 is 2.14. The molecule has 1 aromatic carbocycles. The molecule has 1 N–H and O–H groups in total. The molecule has 1 aliphatic heterocycles. The van der Waals surface area contributed by atoms with Gasteiger partial charge in [-0.15, -0.1) is 0 Å². The van der Waals surface area contributed by atoms with Crippen LogP contribution in [-0.2, 0) is 0 Å². The van der Waals surface area contributed by atoms with E-state index in [1.165, 1.54) is 16.8 Å². The Kier molecular flexibility index (Phi) is 4.05. The van der Waals surface area contributed by atoms with Crippen LogP contribution in [0.25, 0.3) is 11.3 Å². The number of nitrogens with zero attached hydrogens (tertiary/aromatic N) is 2. The summed E-state index contributed by atoms with van der Waals surface area (Å²) >= 11 is 6.26. The van der Waals surface area contributed by atoms with Gasteiger partial charge in [-0.3, -0.25) is 4.68 Å². The van der Waals surface area contributed by atoms with Gasteiger partial charge < -0.3 is 5.32 Å². The lowest BCUT2D eigenvalue weighted by atomic mass is 9.86. The van der Waals surface area contributed by atoms with E-state index < -0.39 is 0 Å². The summed E-state index contributed by atoms with van der Waals surface area (Å²) in [5.41, 5.74) is 3.74. The summed E-state index contributed by atoms with van der Waals surface area (Å²) in [4.78, 5) is 0. The first-order valence-electron chi connectivity index (χ1n) is 7.62. The minimum absolute atomic E-state index is 0.455. The van der Waals surface area contributed by atoms with Crippen molar-refractivity contribution in [2.75, 3.05) is 13.1 Å². The van der Waals surface area contributed by atoms with E-state index >= 15 is 0 Å². The number of hydrogen-bond donors (Lipinski definition) is 1. The third-order valence-corrected chi connectivity index (χ3v) is 4.79. The van der Waals surface area contributed by atoms with E-state index in [0.717, 1.165) is 18.1 Å². The molecule has 2 heterocycles.